The van der Waals surface area contributed by atoms with E-state index in [1.54, 1.807) is 0 Å². The van der Waals surface area contributed by atoms with Crippen molar-refractivity contribution in [2.75, 3.05) is 0 Å². The monoisotopic (exact) mass is 410 g/mol. The number of carbonyl (C=O) groups is 1. The van der Waals surface area contributed by atoms with Crippen LogP contribution in [0.4, 0.5) is 0 Å². The third-order valence-electron chi connectivity index (χ3n) is 9.92. The fraction of sp³-hybridized carbons (Fsp3) is 0.769. The molecule has 4 aliphatic carbocycles. The van der Waals surface area contributed by atoms with Gasteiger partial charge in [-0.1, -0.05) is 13.8 Å². The van der Waals surface area contributed by atoms with Crippen LogP contribution in [0.5, 0.6) is 0 Å². The molecule has 7 atom stereocenters. The van der Waals surface area contributed by atoms with Crippen LogP contribution in [0.2, 0.25) is 0 Å². The molecule has 4 heteroatoms. The van der Waals surface area contributed by atoms with Crippen LogP contribution in [-0.4, -0.2) is 26.8 Å². The van der Waals surface area contributed by atoms with Gasteiger partial charge in [0.15, 0.2) is 5.78 Å². The van der Waals surface area contributed by atoms with Crippen molar-refractivity contribution in [2.24, 2.45) is 34.5 Å². The fourth-order valence-electron chi connectivity index (χ4n) is 8.06. The van der Waals surface area contributed by atoms with E-state index in [0.29, 0.717) is 29.0 Å². The van der Waals surface area contributed by atoms with Crippen molar-refractivity contribution in [3.63, 3.8) is 0 Å². The Morgan fingerprint density at radius 1 is 1.20 bits per heavy atom. The first-order valence-corrected chi connectivity index (χ1v) is 12.2. The zero-order chi connectivity index (χ0) is 21.3. The lowest BCUT2D eigenvalue weighted by molar-refractivity contribution is -0.141. The molecular formula is C26H38N2O2. The van der Waals surface area contributed by atoms with Crippen molar-refractivity contribution in [2.45, 2.75) is 91.7 Å². The fourth-order valence-corrected chi connectivity index (χ4v) is 8.06. The molecule has 164 valence electrons. The highest BCUT2D eigenvalue weighted by molar-refractivity contribution is 6.06. The molecule has 5 rings (SSSR count). The van der Waals surface area contributed by atoms with Gasteiger partial charge < -0.3 is 5.11 Å². The molecule has 4 saturated carbocycles. The molecular weight excluding hydrogens is 372 g/mol. The number of hydrogen-bond donors (Lipinski definition) is 1. The van der Waals surface area contributed by atoms with E-state index >= 15 is 0 Å². The third-order valence-corrected chi connectivity index (χ3v) is 9.92. The number of fused-ring (bicyclic) bond motifs is 5. The first kappa shape index (κ1) is 20.5. The van der Waals surface area contributed by atoms with Gasteiger partial charge in [-0.15, -0.1) is 0 Å². The summed E-state index contributed by atoms with van der Waals surface area (Å²) in [6.45, 7) is 9.78. The predicted octanol–water partition coefficient (Wildman–Crippen LogP) is 5.18. The maximum atomic E-state index is 13.6. The van der Waals surface area contributed by atoms with Gasteiger partial charge >= 0.3 is 0 Å². The Morgan fingerprint density at radius 3 is 2.73 bits per heavy atom. The second-order valence-electron chi connectivity index (χ2n) is 11.3. The topological polar surface area (TPSA) is 55.1 Å². The molecule has 1 aromatic heterocycles. The summed E-state index contributed by atoms with van der Waals surface area (Å²) in [5.41, 5.74) is 3.34. The number of aryl methyl sites for hydroxylation is 2. The Bertz CT molecular complexity index is 886. The highest BCUT2D eigenvalue weighted by atomic mass is 16.3. The molecule has 1 heterocycles. The van der Waals surface area contributed by atoms with E-state index in [1.165, 1.54) is 19.3 Å². The highest BCUT2D eigenvalue weighted by Gasteiger charge is 2.61. The first-order chi connectivity index (χ1) is 14.3. The molecule has 4 aliphatic rings. The van der Waals surface area contributed by atoms with Gasteiger partial charge in [0.05, 0.1) is 11.8 Å². The minimum Gasteiger partial charge on any atom is -0.393 e. The van der Waals surface area contributed by atoms with Gasteiger partial charge in [-0.3, -0.25) is 9.48 Å². The average molecular weight is 411 g/mol. The minimum atomic E-state index is -0.182. The number of nitrogens with zero attached hydrogens (tertiary/aromatic N) is 2. The molecule has 0 radical (unpaired) electrons. The Kier molecular flexibility index (Phi) is 4.81. The van der Waals surface area contributed by atoms with Crippen LogP contribution >= 0.6 is 0 Å². The molecule has 4 fully saturated rings. The van der Waals surface area contributed by atoms with Gasteiger partial charge in [0.25, 0.3) is 0 Å². The Balaban J connectivity index is 1.45. The Labute approximate surface area is 181 Å². The summed E-state index contributed by atoms with van der Waals surface area (Å²) < 4.78 is 1.96. The summed E-state index contributed by atoms with van der Waals surface area (Å²) in [5.74, 6) is 2.94. The van der Waals surface area contributed by atoms with Crippen LogP contribution in [0.3, 0.4) is 0 Å². The SMILES string of the molecule is CCn1cc(/C=C2/C[C@@H]3[C@H]4CC[C@H]5C[C@H](O)CC[C@]5(C)[C@@H]4CC[C@]3(C)C2=O)c(C)n1. The Hall–Kier alpha value is -1.42. The van der Waals surface area contributed by atoms with Crippen molar-refractivity contribution in [1.29, 1.82) is 0 Å². The quantitative estimate of drug-likeness (QED) is 0.684. The number of aromatic nitrogens is 2. The molecule has 0 unspecified atom stereocenters. The van der Waals surface area contributed by atoms with E-state index < -0.39 is 0 Å². The zero-order valence-electron chi connectivity index (χ0n) is 19.2. The van der Waals surface area contributed by atoms with Gasteiger partial charge in [0.1, 0.15) is 0 Å². The summed E-state index contributed by atoms with van der Waals surface area (Å²) in [6, 6.07) is 0. The first-order valence-electron chi connectivity index (χ1n) is 12.2. The van der Waals surface area contributed by atoms with Crippen LogP contribution in [0.1, 0.15) is 83.4 Å². The number of aliphatic hydroxyl groups excluding tert-OH is 1. The van der Waals surface area contributed by atoms with Crippen molar-refractivity contribution in [3.05, 3.63) is 23.0 Å². The van der Waals surface area contributed by atoms with Crippen LogP contribution < -0.4 is 0 Å². The molecule has 4 nitrogen and oxygen atoms in total. The molecule has 1 N–H and O–H groups in total. The number of ketones is 1. The summed E-state index contributed by atoms with van der Waals surface area (Å²) in [6.07, 6.45) is 12.9. The molecule has 0 saturated heterocycles. The van der Waals surface area contributed by atoms with Gasteiger partial charge in [-0.25, -0.2) is 0 Å². The van der Waals surface area contributed by atoms with Gasteiger partial charge in [0.2, 0.25) is 0 Å². The van der Waals surface area contributed by atoms with Gasteiger partial charge in [0, 0.05) is 23.7 Å². The maximum absolute atomic E-state index is 13.6. The van der Waals surface area contributed by atoms with Crippen molar-refractivity contribution in [1.82, 2.24) is 9.78 Å². The lowest BCUT2D eigenvalue weighted by Gasteiger charge is -2.59. The highest BCUT2D eigenvalue weighted by Crippen LogP contribution is 2.66. The van der Waals surface area contributed by atoms with Gasteiger partial charge in [-0.2, -0.15) is 5.10 Å². The predicted molar refractivity (Wildman–Crippen MR) is 119 cm³/mol. The van der Waals surface area contributed by atoms with E-state index in [-0.39, 0.29) is 11.5 Å². The molecule has 0 aromatic carbocycles. The number of carbonyl (C=O) groups excluding carboxylic acids is 1. The molecule has 0 bridgehead atoms. The van der Waals surface area contributed by atoms with E-state index in [0.717, 1.165) is 61.4 Å². The van der Waals surface area contributed by atoms with Crippen molar-refractivity contribution >= 4 is 11.9 Å². The van der Waals surface area contributed by atoms with Crippen molar-refractivity contribution in [3.8, 4) is 0 Å². The molecule has 0 amide bonds. The number of aliphatic hydroxyl groups is 1. The number of rotatable bonds is 2. The molecule has 1 aromatic rings. The van der Waals surface area contributed by atoms with E-state index in [1.807, 2.05) is 11.6 Å². The molecule has 0 spiro atoms. The summed E-state index contributed by atoms with van der Waals surface area (Å²) >= 11 is 0. The number of hydrogen-bond acceptors (Lipinski definition) is 3. The Morgan fingerprint density at radius 2 is 2.00 bits per heavy atom. The lowest BCUT2D eigenvalue weighted by Crippen LogP contribution is -2.54. The zero-order valence-corrected chi connectivity index (χ0v) is 19.2. The van der Waals surface area contributed by atoms with E-state index in [2.05, 4.69) is 38.1 Å². The van der Waals surface area contributed by atoms with Crippen LogP contribution in [0.25, 0.3) is 6.08 Å². The number of allylic oxidation sites excluding steroid dienone is 1. The van der Waals surface area contributed by atoms with Crippen LogP contribution in [0.15, 0.2) is 11.8 Å². The van der Waals surface area contributed by atoms with E-state index in [9.17, 15) is 9.90 Å². The second kappa shape index (κ2) is 7.05. The summed E-state index contributed by atoms with van der Waals surface area (Å²) in [4.78, 5) is 13.6. The normalized spacial score (nSPS) is 44.6. The number of Topliss-reactive ketones (excluding diaryl/α,β-unsaturated/α-hetero) is 1. The largest absolute Gasteiger partial charge is 0.393 e. The van der Waals surface area contributed by atoms with E-state index in [4.69, 9.17) is 0 Å². The summed E-state index contributed by atoms with van der Waals surface area (Å²) in [7, 11) is 0. The average Bonchev–Trinajstić information content (AvgIpc) is 3.20. The second-order valence-corrected chi connectivity index (χ2v) is 11.3. The maximum Gasteiger partial charge on any atom is 0.165 e. The molecule has 0 aliphatic heterocycles. The van der Waals surface area contributed by atoms with Gasteiger partial charge in [-0.05, 0) is 106 Å². The molecule has 30 heavy (non-hydrogen) atoms. The smallest absolute Gasteiger partial charge is 0.165 e. The standard InChI is InChI=1S/C26H38N2O2/c1-5-28-15-18(16(2)27-28)12-17-13-23-21-7-6-19-14-20(29)8-10-25(19,3)22(21)9-11-26(23,4)24(17)30/h12,15,19-23,29H,5-11,13-14H2,1-4H3/b17-12-/t19-,20+,21-,22+,23+,25-,26-/m0/s1. The minimum absolute atomic E-state index is 0.0941. The van der Waals surface area contributed by atoms with Crippen LogP contribution in [0, 0.1) is 41.4 Å². The van der Waals surface area contributed by atoms with Crippen LogP contribution in [-0.2, 0) is 11.3 Å². The lowest BCUT2D eigenvalue weighted by atomic mass is 9.45. The third kappa shape index (κ3) is 2.89. The van der Waals surface area contributed by atoms with Crippen molar-refractivity contribution < 1.29 is 9.90 Å². The summed E-state index contributed by atoms with van der Waals surface area (Å²) in [5, 5.41) is 14.8.